The van der Waals surface area contributed by atoms with Crippen molar-refractivity contribution >= 4 is 7.82 Å². The van der Waals surface area contributed by atoms with E-state index in [9.17, 15) is 9.46 Å². The maximum Gasteiger partial charge on any atom is 0.472 e. The van der Waals surface area contributed by atoms with E-state index in [0.29, 0.717) is 6.54 Å². The highest BCUT2D eigenvalue weighted by atomic mass is 31.2. The van der Waals surface area contributed by atoms with Gasteiger partial charge in [0.25, 0.3) is 0 Å². The smallest absolute Gasteiger partial charge is 0.330 e. The monoisotopic (exact) mass is 239 g/mol. The van der Waals surface area contributed by atoms with E-state index >= 15 is 0 Å². The molecule has 0 saturated carbocycles. The maximum atomic E-state index is 11.2. The van der Waals surface area contributed by atoms with Gasteiger partial charge in [-0.3, -0.25) is 9.05 Å². The fourth-order valence-corrected chi connectivity index (χ4v) is 2.03. The molecule has 0 aliphatic heterocycles. The molecule has 5 nitrogen and oxygen atoms in total. The molecule has 0 amide bonds. The van der Waals surface area contributed by atoms with Crippen LogP contribution in [0.3, 0.4) is 0 Å². The summed E-state index contributed by atoms with van der Waals surface area (Å²) in [6, 6.07) is 0. The van der Waals surface area contributed by atoms with Gasteiger partial charge in [0.05, 0.1) is 12.7 Å². The van der Waals surface area contributed by atoms with E-state index in [-0.39, 0.29) is 12.7 Å². The third-order valence-electron chi connectivity index (χ3n) is 1.70. The SMILES string of the molecule is CC(C)OP(=O)(O)OCCCCCCN. The van der Waals surface area contributed by atoms with Crippen molar-refractivity contribution in [1.29, 1.82) is 0 Å². The minimum absolute atomic E-state index is 0.255. The van der Waals surface area contributed by atoms with Crippen molar-refractivity contribution in [3.05, 3.63) is 0 Å². The van der Waals surface area contributed by atoms with E-state index in [2.05, 4.69) is 0 Å². The Morgan fingerprint density at radius 1 is 1.27 bits per heavy atom. The molecule has 15 heavy (non-hydrogen) atoms. The lowest BCUT2D eigenvalue weighted by Crippen LogP contribution is -2.04. The molecule has 0 fully saturated rings. The van der Waals surface area contributed by atoms with Crippen molar-refractivity contribution in [3.63, 3.8) is 0 Å². The summed E-state index contributed by atoms with van der Waals surface area (Å²) in [6.45, 7) is 4.32. The normalized spacial score (nSPS) is 15.5. The molecule has 0 radical (unpaired) electrons. The van der Waals surface area contributed by atoms with E-state index < -0.39 is 7.82 Å². The minimum atomic E-state index is -3.83. The third-order valence-corrected chi connectivity index (χ3v) is 2.89. The average molecular weight is 239 g/mol. The second-order valence-corrected chi connectivity index (χ2v) is 5.06. The Labute approximate surface area is 91.6 Å². The molecule has 1 unspecified atom stereocenters. The Balaban J connectivity index is 3.45. The molecule has 0 aliphatic carbocycles. The molecular formula is C9H22NO4P. The lowest BCUT2D eigenvalue weighted by Gasteiger charge is -2.14. The minimum Gasteiger partial charge on any atom is -0.330 e. The summed E-state index contributed by atoms with van der Waals surface area (Å²) in [6.07, 6.45) is 3.42. The highest BCUT2D eigenvalue weighted by Gasteiger charge is 2.21. The second kappa shape index (κ2) is 8.25. The fraction of sp³-hybridized carbons (Fsp3) is 1.00. The van der Waals surface area contributed by atoms with Gasteiger partial charge in [0.15, 0.2) is 0 Å². The highest BCUT2D eigenvalue weighted by molar-refractivity contribution is 7.47. The van der Waals surface area contributed by atoms with Crippen molar-refractivity contribution in [1.82, 2.24) is 0 Å². The number of phosphoric acid groups is 1. The topological polar surface area (TPSA) is 81.8 Å². The molecule has 1 atom stereocenters. The van der Waals surface area contributed by atoms with Crippen LogP contribution in [-0.4, -0.2) is 24.1 Å². The first kappa shape index (κ1) is 15.1. The van der Waals surface area contributed by atoms with Crippen LogP contribution in [0.1, 0.15) is 39.5 Å². The van der Waals surface area contributed by atoms with Crippen LogP contribution < -0.4 is 5.73 Å². The maximum absolute atomic E-state index is 11.2. The van der Waals surface area contributed by atoms with Crippen molar-refractivity contribution < 1.29 is 18.5 Å². The zero-order valence-corrected chi connectivity index (χ0v) is 10.4. The van der Waals surface area contributed by atoms with Gasteiger partial charge in [0.1, 0.15) is 0 Å². The van der Waals surface area contributed by atoms with Gasteiger partial charge < -0.3 is 10.6 Å². The molecule has 6 heteroatoms. The van der Waals surface area contributed by atoms with Crippen LogP contribution >= 0.6 is 7.82 Å². The Hall–Kier alpha value is 0.0700. The Bertz CT molecular complexity index is 199. The summed E-state index contributed by atoms with van der Waals surface area (Å²) in [5, 5.41) is 0. The zero-order chi connectivity index (χ0) is 11.7. The molecule has 0 aromatic carbocycles. The van der Waals surface area contributed by atoms with Gasteiger partial charge in [-0.05, 0) is 33.2 Å². The number of nitrogens with two attached hydrogens (primary N) is 1. The van der Waals surface area contributed by atoms with Crippen molar-refractivity contribution in [2.45, 2.75) is 45.6 Å². The summed E-state index contributed by atoms with van der Waals surface area (Å²) >= 11 is 0. The van der Waals surface area contributed by atoms with Crippen LogP contribution in [-0.2, 0) is 13.6 Å². The number of rotatable bonds is 9. The van der Waals surface area contributed by atoms with Crippen molar-refractivity contribution in [2.24, 2.45) is 5.73 Å². The molecule has 0 aromatic heterocycles. The quantitative estimate of drug-likeness (QED) is 0.475. The molecule has 0 aromatic rings. The summed E-state index contributed by atoms with van der Waals surface area (Å²) in [5.41, 5.74) is 5.33. The molecule has 0 bridgehead atoms. The lowest BCUT2D eigenvalue weighted by molar-refractivity contribution is 0.119. The van der Waals surface area contributed by atoms with Gasteiger partial charge >= 0.3 is 7.82 Å². The number of phosphoric ester groups is 1. The summed E-state index contributed by atoms with van der Waals surface area (Å²) in [5.74, 6) is 0. The van der Waals surface area contributed by atoms with Gasteiger partial charge in [-0.25, -0.2) is 4.57 Å². The standard InChI is InChI=1S/C9H22NO4P/c1-9(2)14-15(11,12)13-8-6-4-3-5-7-10/h9H,3-8,10H2,1-2H3,(H,11,12). The van der Waals surface area contributed by atoms with E-state index in [1.807, 2.05) is 0 Å². The first-order valence-corrected chi connectivity index (χ1v) is 6.83. The number of hydrogen-bond acceptors (Lipinski definition) is 4. The van der Waals surface area contributed by atoms with Gasteiger partial charge in [-0.15, -0.1) is 0 Å². The zero-order valence-electron chi connectivity index (χ0n) is 9.52. The van der Waals surface area contributed by atoms with E-state index in [1.165, 1.54) is 0 Å². The molecular weight excluding hydrogens is 217 g/mol. The van der Waals surface area contributed by atoms with E-state index in [0.717, 1.165) is 25.7 Å². The summed E-state index contributed by atoms with van der Waals surface area (Å²) < 4.78 is 20.7. The van der Waals surface area contributed by atoms with Crippen molar-refractivity contribution in [3.8, 4) is 0 Å². The average Bonchev–Trinajstić information content (AvgIpc) is 2.08. The molecule has 0 rings (SSSR count). The first-order chi connectivity index (χ1) is 6.98. The molecule has 92 valence electrons. The molecule has 0 spiro atoms. The first-order valence-electron chi connectivity index (χ1n) is 5.34. The van der Waals surface area contributed by atoms with Crippen LogP contribution in [0.4, 0.5) is 0 Å². The number of hydrogen-bond donors (Lipinski definition) is 2. The molecule has 3 N–H and O–H groups in total. The summed E-state index contributed by atoms with van der Waals surface area (Å²) in [4.78, 5) is 9.18. The van der Waals surface area contributed by atoms with Crippen LogP contribution in [0.25, 0.3) is 0 Å². The third kappa shape index (κ3) is 10.4. The molecule has 0 saturated heterocycles. The Morgan fingerprint density at radius 3 is 2.40 bits per heavy atom. The highest BCUT2D eigenvalue weighted by Crippen LogP contribution is 2.44. The second-order valence-electron chi connectivity index (χ2n) is 3.66. The lowest BCUT2D eigenvalue weighted by atomic mass is 10.2. The fourth-order valence-electron chi connectivity index (χ4n) is 1.08. The van der Waals surface area contributed by atoms with Gasteiger partial charge in [-0.2, -0.15) is 0 Å². The molecule has 0 aliphatic rings. The van der Waals surface area contributed by atoms with Crippen LogP contribution in [0, 0.1) is 0 Å². The largest absolute Gasteiger partial charge is 0.472 e. The van der Waals surface area contributed by atoms with Crippen LogP contribution in [0.2, 0.25) is 0 Å². The summed E-state index contributed by atoms with van der Waals surface area (Å²) in [7, 11) is -3.83. The Morgan fingerprint density at radius 2 is 1.87 bits per heavy atom. The molecule has 0 heterocycles. The van der Waals surface area contributed by atoms with E-state index in [1.54, 1.807) is 13.8 Å². The Kier molecular flexibility index (Phi) is 8.29. The number of unbranched alkanes of at least 4 members (excludes halogenated alkanes) is 3. The van der Waals surface area contributed by atoms with Crippen LogP contribution in [0.15, 0.2) is 0 Å². The van der Waals surface area contributed by atoms with Gasteiger partial charge in [0.2, 0.25) is 0 Å². The van der Waals surface area contributed by atoms with Crippen LogP contribution in [0.5, 0.6) is 0 Å². The van der Waals surface area contributed by atoms with E-state index in [4.69, 9.17) is 14.8 Å². The predicted molar refractivity (Wildman–Crippen MR) is 59.5 cm³/mol. The van der Waals surface area contributed by atoms with Gasteiger partial charge in [-0.1, -0.05) is 12.8 Å². The van der Waals surface area contributed by atoms with Crippen molar-refractivity contribution in [2.75, 3.05) is 13.2 Å². The predicted octanol–water partition coefficient (Wildman–Crippen LogP) is 2.05. The van der Waals surface area contributed by atoms with Gasteiger partial charge in [0, 0.05) is 0 Å².